The molecule has 0 spiro atoms. The van der Waals surface area contributed by atoms with Crippen molar-refractivity contribution >= 4 is 11.9 Å². The second kappa shape index (κ2) is 6.44. The minimum absolute atomic E-state index is 0.0241. The molecule has 1 aromatic heterocycles. The monoisotopic (exact) mass is 279 g/mol. The summed E-state index contributed by atoms with van der Waals surface area (Å²) in [7, 11) is 2.01. The van der Waals surface area contributed by atoms with E-state index in [1.165, 1.54) is 18.3 Å². The quantitative estimate of drug-likeness (QED) is 0.795. The third kappa shape index (κ3) is 3.75. The van der Waals surface area contributed by atoms with Gasteiger partial charge >= 0.3 is 5.97 Å². The summed E-state index contributed by atoms with van der Waals surface area (Å²) in [4.78, 5) is 28.4. The Kier molecular flexibility index (Phi) is 4.65. The van der Waals surface area contributed by atoms with E-state index in [4.69, 9.17) is 9.84 Å². The Balaban J connectivity index is 1.86. The maximum absolute atomic E-state index is 11.9. The summed E-state index contributed by atoms with van der Waals surface area (Å²) >= 11 is 0. The molecule has 2 N–H and O–H groups in total. The van der Waals surface area contributed by atoms with Gasteiger partial charge in [-0.05, 0) is 19.2 Å². The van der Waals surface area contributed by atoms with E-state index in [0.29, 0.717) is 18.7 Å². The summed E-state index contributed by atoms with van der Waals surface area (Å²) in [5.41, 5.74) is 0.248. The number of hydrogen-bond donors (Lipinski definition) is 2. The van der Waals surface area contributed by atoms with Gasteiger partial charge in [-0.15, -0.1) is 0 Å². The fourth-order valence-corrected chi connectivity index (χ4v) is 1.95. The number of carboxylic acid groups (broad SMARTS) is 1. The van der Waals surface area contributed by atoms with Crippen molar-refractivity contribution in [3.8, 4) is 0 Å². The minimum Gasteiger partial charge on any atom is -0.477 e. The molecule has 2 rings (SSSR count). The molecule has 0 aliphatic carbocycles. The lowest BCUT2D eigenvalue weighted by Crippen LogP contribution is -2.45. The molecule has 0 saturated carbocycles. The molecule has 7 nitrogen and oxygen atoms in total. The smallest absolute Gasteiger partial charge is 0.354 e. The Hall–Kier alpha value is -1.99. The lowest BCUT2D eigenvalue weighted by Gasteiger charge is -2.30. The molecular formula is C13H17N3O4. The molecule has 7 heteroatoms. The maximum Gasteiger partial charge on any atom is 0.354 e. The van der Waals surface area contributed by atoms with Crippen LogP contribution in [0.25, 0.3) is 0 Å². The number of nitrogens with one attached hydrogen (secondary N) is 1. The largest absolute Gasteiger partial charge is 0.477 e. The van der Waals surface area contributed by atoms with Crippen LogP contribution in [0, 0.1) is 0 Å². The summed E-state index contributed by atoms with van der Waals surface area (Å²) in [5.74, 6) is -1.40. The maximum atomic E-state index is 11.9. The average Bonchev–Trinajstić information content (AvgIpc) is 2.45. The van der Waals surface area contributed by atoms with Crippen LogP contribution in [0.1, 0.15) is 20.8 Å². The zero-order valence-corrected chi connectivity index (χ0v) is 11.2. The number of nitrogens with zero attached hydrogens (tertiary/aromatic N) is 2. The summed E-state index contributed by atoms with van der Waals surface area (Å²) in [6, 6.07) is 2.75. The lowest BCUT2D eigenvalue weighted by atomic mass is 10.2. The average molecular weight is 279 g/mol. The summed E-state index contributed by atoms with van der Waals surface area (Å²) in [6.07, 6.45) is 1.23. The van der Waals surface area contributed by atoms with Crippen molar-refractivity contribution in [2.45, 2.75) is 6.10 Å². The van der Waals surface area contributed by atoms with Gasteiger partial charge in [0.1, 0.15) is 5.69 Å². The molecule has 0 radical (unpaired) electrons. The Labute approximate surface area is 116 Å². The van der Waals surface area contributed by atoms with Gasteiger partial charge in [0.15, 0.2) is 0 Å². The van der Waals surface area contributed by atoms with Crippen molar-refractivity contribution < 1.29 is 19.4 Å². The number of aromatic nitrogens is 1. The molecule has 1 amide bonds. The van der Waals surface area contributed by atoms with E-state index in [1.807, 2.05) is 7.05 Å². The standard InChI is InChI=1S/C13H17N3O4/c1-16-4-5-20-10(8-16)7-15-12(17)9-2-3-11(13(18)19)14-6-9/h2-3,6,10H,4-5,7-8H2,1H3,(H,15,17)(H,18,19). The van der Waals surface area contributed by atoms with Crippen LogP contribution in [0.2, 0.25) is 0 Å². The van der Waals surface area contributed by atoms with Crippen molar-refractivity contribution in [1.29, 1.82) is 0 Å². The van der Waals surface area contributed by atoms with Crippen LogP contribution >= 0.6 is 0 Å². The summed E-state index contributed by atoms with van der Waals surface area (Å²) in [6.45, 7) is 2.75. The van der Waals surface area contributed by atoms with Gasteiger partial charge in [-0.2, -0.15) is 0 Å². The predicted molar refractivity (Wildman–Crippen MR) is 70.8 cm³/mol. The van der Waals surface area contributed by atoms with Crippen LogP contribution in [-0.2, 0) is 4.74 Å². The van der Waals surface area contributed by atoms with Crippen LogP contribution in [0.3, 0.4) is 0 Å². The zero-order chi connectivity index (χ0) is 14.5. The highest BCUT2D eigenvalue weighted by molar-refractivity contribution is 5.94. The molecular weight excluding hydrogens is 262 g/mol. The molecule has 0 bridgehead atoms. The number of hydrogen-bond acceptors (Lipinski definition) is 5. The second-order valence-electron chi connectivity index (χ2n) is 4.70. The van der Waals surface area contributed by atoms with E-state index in [1.54, 1.807) is 0 Å². The highest BCUT2D eigenvalue weighted by atomic mass is 16.5. The van der Waals surface area contributed by atoms with E-state index in [0.717, 1.165) is 13.1 Å². The normalized spacial score (nSPS) is 19.6. The van der Waals surface area contributed by atoms with Gasteiger partial charge in [-0.25, -0.2) is 9.78 Å². The van der Waals surface area contributed by atoms with Crippen LogP contribution in [-0.4, -0.2) is 66.3 Å². The Morgan fingerprint density at radius 3 is 2.95 bits per heavy atom. The number of morpholine rings is 1. The summed E-state index contributed by atoms with van der Waals surface area (Å²) in [5, 5.41) is 11.5. The Bertz CT molecular complexity index is 489. The summed E-state index contributed by atoms with van der Waals surface area (Å²) < 4.78 is 5.54. The van der Waals surface area contributed by atoms with E-state index < -0.39 is 5.97 Å². The molecule has 1 atom stereocenters. The van der Waals surface area contributed by atoms with Gasteiger partial charge in [0.05, 0.1) is 18.3 Å². The molecule has 108 valence electrons. The first-order valence-corrected chi connectivity index (χ1v) is 6.34. The number of carbonyl (C=O) groups is 2. The first kappa shape index (κ1) is 14.4. The van der Waals surface area contributed by atoms with Crippen LogP contribution in [0.5, 0.6) is 0 Å². The first-order chi connectivity index (χ1) is 9.56. The van der Waals surface area contributed by atoms with Gasteiger partial charge in [0.25, 0.3) is 5.91 Å². The number of ether oxygens (including phenoxy) is 1. The molecule has 1 saturated heterocycles. The molecule has 20 heavy (non-hydrogen) atoms. The van der Waals surface area contributed by atoms with Crippen LogP contribution in [0.15, 0.2) is 18.3 Å². The van der Waals surface area contributed by atoms with Crippen molar-refractivity contribution in [3.63, 3.8) is 0 Å². The van der Waals surface area contributed by atoms with E-state index >= 15 is 0 Å². The highest BCUT2D eigenvalue weighted by Gasteiger charge is 2.18. The highest BCUT2D eigenvalue weighted by Crippen LogP contribution is 2.03. The first-order valence-electron chi connectivity index (χ1n) is 6.34. The molecule has 0 aromatic carbocycles. The topological polar surface area (TPSA) is 91.8 Å². The van der Waals surface area contributed by atoms with Crippen LogP contribution in [0.4, 0.5) is 0 Å². The van der Waals surface area contributed by atoms with E-state index in [2.05, 4.69) is 15.2 Å². The predicted octanol–water partition coefficient (Wildman–Crippen LogP) is -0.160. The lowest BCUT2D eigenvalue weighted by molar-refractivity contribution is -0.0175. The molecule has 2 heterocycles. The number of carboxylic acids is 1. The second-order valence-corrected chi connectivity index (χ2v) is 4.70. The van der Waals surface area contributed by atoms with Crippen molar-refractivity contribution in [2.75, 3.05) is 33.3 Å². The van der Waals surface area contributed by atoms with Gasteiger partial charge < -0.3 is 20.1 Å². The number of amides is 1. The van der Waals surface area contributed by atoms with Crippen LogP contribution < -0.4 is 5.32 Å². The van der Waals surface area contributed by atoms with E-state index in [-0.39, 0.29) is 17.7 Å². The molecule has 1 aliphatic rings. The molecule has 1 fully saturated rings. The number of likely N-dealkylation sites (N-methyl/N-ethyl adjacent to an activating group) is 1. The Morgan fingerprint density at radius 2 is 2.35 bits per heavy atom. The van der Waals surface area contributed by atoms with Crippen molar-refractivity contribution in [1.82, 2.24) is 15.2 Å². The SMILES string of the molecule is CN1CCOC(CNC(=O)c2ccc(C(=O)O)nc2)C1. The number of rotatable bonds is 4. The fraction of sp³-hybridized carbons (Fsp3) is 0.462. The minimum atomic E-state index is -1.12. The molecule has 1 aliphatic heterocycles. The fourth-order valence-electron chi connectivity index (χ4n) is 1.95. The van der Waals surface area contributed by atoms with Crippen molar-refractivity contribution in [2.24, 2.45) is 0 Å². The number of aromatic carboxylic acids is 1. The molecule has 1 aromatic rings. The Morgan fingerprint density at radius 1 is 1.55 bits per heavy atom. The molecule has 1 unspecified atom stereocenters. The zero-order valence-electron chi connectivity index (χ0n) is 11.2. The van der Waals surface area contributed by atoms with Gasteiger partial charge in [-0.3, -0.25) is 4.79 Å². The van der Waals surface area contributed by atoms with Gasteiger partial charge in [-0.1, -0.05) is 0 Å². The number of pyridine rings is 1. The van der Waals surface area contributed by atoms with Crippen molar-refractivity contribution in [3.05, 3.63) is 29.6 Å². The van der Waals surface area contributed by atoms with E-state index in [9.17, 15) is 9.59 Å². The van der Waals surface area contributed by atoms with Gasteiger partial charge in [0, 0.05) is 25.8 Å². The third-order valence-electron chi connectivity index (χ3n) is 3.08. The third-order valence-corrected chi connectivity index (χ3v) is 3.08. The van der Waals surface area contributed by atoms with Gasteiger partial charge in [0.2, 0.25) is 0 Å². The number of carbonyl (C=O) groups excluding carboxylic acids is 1.